The lowest BCUT2D eigenvalue weighted by Gasteiger charge is -2.17. The number of nitrogens with zero attached hydrogens (tertiary/aromatic N) is 6. The Balaban J connectivity index is 1.06. The van der Waals surface area contributed by atoms with E-state index in [9.17, 15) is 4.79 Å². The van der Waals surface area contributed by atoms with Crippen LogP contribution in [0.3, 0.4) is 0 Å². The highest BCUT2D eigenvalue weighted by Crippen LogP contribution is 2.45. The van der Waals surface area contributed by atoms with Gasteiger partial charge in [0, 0.05) is 50.8 Å². The summed E-state index contributed by atoms with van der Waals surface area (Å²) in [6.45, 7) is 0.733. The average Bonchev–Trinajstić information content (AvgIpc) is 3.33. The van der Waals surface area contributed by atoms with E-state index in [1.54, 1.807) is 34.9 Å². The van der Waals surface area contributed by atoms with Gasteiger partial charge in [-0.3, -0.25) is 9.78 Å². The monoisotopic (exact) mass is 493 g/mol. The molecule has 4 aromatic heterocycles. The standard InChI is InChI=1S/C23H27N9O4/c1-31-11-14(10-25-31)23(3-4-23)27-22(33)36-16-8-19(35-13-16)17-9-20(29-28-17)26-21-18-7-15(12-34-2)30-32(18)6-5-24-21/h5-7,9-11,16,19H,3-4,8,12-13H2,1-2H3,(H,27,33)(H2,24,26,28,29)/t16-,19-/m1/s1. The zero-order valence-corrected chi connectivity index (χ0v) is 20.0. The van der Waals surface area contributed by atoms with Crippen molar-refractivity contribution in [2.75, 3.05) is 19.0 Å². The van der Waals surface area contributed by atoms with Crippen molar-refractivity contribution < 1.29 is 19.0 Å². The van der Waals surface area contributed by atoms with Crippen molar-refractivity contribution in [2.24, 2.45) is 7.05 Å². The van der Waals surface area contributed by atoms with E-state index in [0.29, 0.717) is 31.3 Å². The molecule has 1 aliphatic carbocycles. The van der Waals surface area contributed by atoms with E-state index in [1.165, 1.54) is 0 Å². The molecule has 2 atom stereocenters. The number of carbonyl (C=O) groups excluding carboxylic acids is 1. The summed E-state index contributed by atoms with van der Waals surface area (Å²) in [6.07, 6.45) is 8.39. The second-order valence-electron chi connectivity index (χ2n) is 9.20. The number of hydrogen-bond acceptors (Lipinski definition) is 9. The molecule has 5 heterocycles. The molecule has 2 aliphatic rings. The molecule has 0 radical (unpaired) electrons. The van der Waals surface area contributed by atoms with E-state index >= 15 is 0 Å². The molecule has 36 heavy (non-hydrogen) atoms. The maximum absolute atomic E-state index is 12.6. The van der Waals surface area contributed by atoms with E-state index < -0.39 is 6.09 Å². The molecule has 3 N–H and O–H groups in total. The summed E-state index contributed by atoms with van der Waals surface area (Å²) >= 11 is 0. The Labute approximate surface area is 206 Å². The third-order valence-electron chi connectivity index (χ3n) is 6.51. The lowest BCUT2D eigenvalue weighted by Crippen LogP contribution is -2.37. The van der Waals surface area contributed by atoms with Gasteiger partial charge in [0.05, 0.1) is 36.3 Å². The first-order valence-corrected chi connectivity index (χ1v) is 11.8. The average molecular weight is 494 g/mol. The highest BCUT2D eigenvalue weighted by atomic mass is 16.6. The molecule has 1 amide bonds. The van der Waals surface area contributed by atoms with Crippen LogP contribution < -0.4 is 10.6 Å². The van der Waals surface area contributed by atoms with E-state index in [-0.39, 0.29) is 17.7 Å². The minimum atomic E-state index is -0.439. The van der Waals surface area contributed by atoms with Gasteiger partial charge in [0.15, 0.2) is 11.6 Å². The molecular formula is C23H27N9O4. The van der Waals surface area contributed by atoms with Gasteiger partial charge in [-0.15, -0.1) is 0 Å². The summed E-state index contributed by atoms with van der Waals surface area (Å²) in [6, 6.07) is 3.78. The number of nitrogens with one attached hydrogen (secondary N) is 3. The van der Waals surface area contributed by atoms with Crippen molar-refractivity contribution in [2.45, 2.75) is 43.6 Å². The fourth-order valence-corrected chi connectivity index (χ4v) is 4.53. The zero-order chi connectivity index (χ0) is 24.7. The number of H-pyrrole nitrogens is 1. The molecule has 0 bridgehead atoms. The number of aromatic nitrogens is 7. The molecule has 13 nitrogen and oxygen atoms in total. The van der Waals surface area contributed by atoms with Gasteiger partial charge in [-0.25, -0.2) is 14.3 Å². The van der Waals surface area contributed by atoms with Crippen molar-refractivity contribution in [1.29, 1.82) is 0 Å². The molecule has 4 aromatic rings. The fraction of sp³-hybridized carbons (Fsp3) is 0.435. The Morgan fingerprint density at radius 3 is 3.03 bits per heavy atom. The highest BCUT2D eigenvalue weighted by molar-refractivity contribution is 5.72. The molecule has 6 rings (SSSR count). The molecule has 1 aliphatic heterocycles. The Morgan fingerprint density at radius 2 is 2.25 bits per heavy atom. The Kier molecular flexibility index (Phi) is 5.57. The number of anilines is 2. The fourth-order valence-electron chi connectivity index (χ4n) is 4.53. The Morgan fingerprint density at radius 1 is 1.36 bits per heavy atom. The predicted molar refractivity (Wildman–Crippen MR) is 126 cm³/mol. The van der Waals surface area contributed by atoms with Crippen molar-refractivity contribution in [3.8, 4) is 0 Å². The SMILES string of the molecule is COCc1cc2c(Nc3cc([C@H]4C[C@@H](OC(=O)NC5(c6cnn(C)c6)CC5)CO4)[nH]n3)nccn2n1. The van der Waals surface area contributed by atoms with Crippen LogP contribution in [0.5, 0.6) is 0 Å². The third-order valence-corrected chi connectivity index (χ3v) is 6.51. The summed E-state index contributed by atoms with van der Waals surface area (Å²) in [5, 5.41) is 22.3. The first kappa shape index (κ1) is 22.5. The van der Waals surface area contributed by atoms with Gasteiger partial charge >= 0.3 is 6.09 Å². The number of fused-ring (bicyclic) bond motifs is 1. The number of aromatic amines is 1. The quantitative estimate of drug-likeness (QED) is 0.337. The summed E-state index contributed by atoms with van der Waals surface area (Å²) < 4.78 is 20.2. The normalized spacial score (nSPS) is 20.5. The van der Waals surface area contributed by atoms with Crippen molar-refractivity contribution in [3.63, 3.8) is 0 Å². The van der Waals surface area contributed by atoms with E-state index in [0.717, 1.165) is 35.3 Å². The van der Waals surface area contributed by atoms with Crippen LogP contribution in [0.25, 0.3) is 5.52 Å². The van der Waals surface area contributed by atoms with Crippen LogP contribution in [0.15, 0.2) is 36.9 Å². The second kappa shape index (κ2) is 8.91. The number of hydrogen-bond donors (Lipinski definition) is 3. The third kappa shape index (κ3) is 4.38. The van der Waals surface area contributed by atoms with Crippen LogP contribution >= 0.6 is 0 Å². The molecule has 1 saturated heterocycles. The minimum absolute atomic E-state index is 0.258. The second-order valence-corrected chi connectivity index (χ2v) is 9.20. The minimum Gasteiger partial charge on any atom is -0.444 e. The van der Waals surface area contributed by atoms with Crippen molar-refractivity contribution in [3.05, 3.63) is 53.9 Å². The van der Waals surface area contributed by atoms with Crippen LogP contribution in [-0.2, 0) is 33.4 Å². The summed E-state index contributed by atoms with van der Waals surface area (Å²) in [7, 11) is 3.49. The van der Waals surface area contributed by atoms with E-state index in [2.05, 4.69) is 36.0 Å². The first-order chi connectivity index (χ1) is 17.5. The topological polar surface area (TPSA) is 146 Å². The number of methoxy groups -OCH3 is 1. The molecular weight excluding hydrogens is 466 g/mol. The lowest BCUT2D eigenvalue weighted by molar-refractivity contribution is 0.0671. The van der Waals surface area contributed by atoms with Crippen molar-refractivity contribution in [1.82, 2.24) is 39.9 Å². The van der Waals surface area contributed by atoms with Gasteiger partial charge in [-0.2, -0.15) is 15.3 Å². The van der Waals surface area contributed by atoms with Gasteiger partial charge < -0.3 is 24.8 Å². The van der Waals surface area contributed by atoms with Crippen LogP contribution in [-0.4, -0.2) is 60.5 Å². The van der Waals surface area contributed by atoms with Gasteiger partial charge in [0.2, 0.25) is 0 Å². The maximum Gasteiger partial charge on any atom is 0.408 e. The summed E-state index contributed by atoms with van der Waals surface area (Å²) in [4.78, 5) is 17.0. The number of carbonyl (C=O) groups is 1. The van der Waals surface area contributed by atoms with Gasteiger partial charge in [0.1, 0.15) is 17.7 Å². The summed E-state index contributed by atoms with van der Waals surface area (Å²) in [5.74, 6) is 1.22. The smallest absolute Gasteiger partial charge is 0.408 e. The molecule has 188 valence electrons. The van der Waals surface area contributed by atoms with E-state index in [4.69, 9.17) is 14.2 Å². The van der Waals surface area contributed by atoms with Crippen LogP contribution in [0.2, 0.25) is 0 Å². The number of alkyl carbamates (subject to hydrolysis) is 1. The van der Waals surface area contributed by atoms with Crippen LogP contribution in [0.1, 0.15) is 42.3 Å². The molecule has 0 aromatic carbocycles. The maximum atomic E-state index is 12.6. The number of rotatable bonds is 8. The van der Waals surface area contributed by atoms with E-state index in [1.807, 2.05) is 25.4 Å². The van der Waals surface area contributed by atoms with Crippen LogP contribution in [0.4, 0.5) is 16.4 Å². The first-order valence-electron chi connectivity index (χ1n) is 11.8. The van der Waals surface area contributed by atoms with Gasteiger partial charge in [-0.05, 0) is 18.9 Å². The molecule has 2 fully saturated rings. The highest BCUT2D eigenvalue weighted by Gasteiger charge is 2.47. The predicted octanol–water partition coefficient (Wildman–Crippen LogP) is 2.32. The van der Waals surface area contributed by atoms with Gasteiger partial charge in [0.25, 0.3) is 0 Å². The van der Waals surface area contributed by atoms with Crippen LogP contribution in [0, 0.1) is 0 Å². The lowest BCUT2D eigenvalue weighted by atomic mass is 10.1. The number of amides is 1. The number of ether oxygens (including phenoxy) is 3. The molecule has 1 saturated carbocycles. The van der Waals surface area contributed by atoms with Crippen molar-refractivity contribution >= 4 is 23.2 Å². The summed E-state index contributed by atoms with van der Waals surface area (Å²) in [5.41, 5.74) is 3.03. The van der Waals surface area contributed by atoms with Gasteiger partial charge in [-0.1, -0.05) is 0 Å². The molecule has 0 unspecified atom stereocenters. The Hall–Kier alpha value is -3.97. The Bertz CT molecular complexity index is 1390. The molecule has 0 spiro atoms. The largest absolute Gasteiger partial charge is 0.444 e. The molecule has 13 heteroatoms. The zero-order valence-electron chi connectivity index (χ0n) is 20.0. The number of aryl methyl sites for hydroxylation is 1.